The van der Waals surface area contributed by atoms with Gasteiger partial charge in [0, 0.05) is 6.04 Å². The van der Waals surface area contributed by atoms with Gasteiger partial charge in [0.25, 0.3) is 0 Å². The van der Waals surface area contributed by atoms with Crippen LogP contribution in [0.5, 0.6) is 0 Å². The van der Waals surface area contributed by atoms with Crippen LogP contribution >= 0.6 is 34.5 Å². The van der Waals surface area contributed by atoms with Crippen molar-refractivity contribution in [2.75, 3.05) is 6.54 Å². The highest BCUT2D eigenvalue weighted by Crippen LogP contribution is 2.32. The van der Waals surface area contributed by atoms with Gasteiger partial charge in [-0.15, -0.1) is 11.3 Å². The van der Waals surface area contributed by atoms with E-state index >= 15 is 0 Å². The summed E-state index contributed by atoms with van der Waals surface area (Å²) in [5.74, 6) is 0.905. The second-order valence-electron chi connectivity index (χ2n) is 4.84. The third-order valence-electron chi connectivity index (χ3n) is 3.67. The van der Waals surface area contributed by atoms with Crippen LogP contribution in [0.3, 0.4) is 0 Å². The van der Waals surface area contributed by atoms with Crippen LogP contribution in [0.25, 0.3) is 0 Å². The van der Waals surface area contributed by atoms with E-state index < -0.39 is 0 Å². The van der Waals surface area contributed by atoms with E-state index in [0.717, 1.165) is 21.0 Å². The molecule has 1 aliphatic rings. The number of rotatable bonds is 4. The first-order valence-electron chi connectivity index (χ1n) is 6.36. The molecule has 1 N–H and O–H groups in total. The van der Waals surface area contributed by atoms with Crippen molar-refractivity contribution in [2.24, 2.45) is 5.92 Å². The molecule has 0 spiro atoms. The Morgan fingerprint density at radius 2 is 2.29 bits per heavy atom. The summed E-state index contributed by atoms with van der Waals surface area (Å²) < 4.78 is 1.66. The maximum Gasteiger partial charge on any atom is 0.0976 e. The highest BCUT2D eigenvalue weighted by atomic mass is 35.5. The Balaban J connectivity index is 1.83. The van der Waals surface area contributed by atoms with Crippen LogP contribution in [0, 0.1) is 5.92 Å². The summed E-state index contributed by atoms with van der Waals surface area (Å²) in [6, 6.07) is 2.66. The molecule has 0 radical (unpaired) electrons. The largest absolute Gasteiger partial charge is 0.314 e. The normalized spacial score (nSPS) is 25.1. The highest BCUT2D eigenvalue weighted by Gasteiger charge is 2.20. The Labute approximate surface area is 118 Å². The number of thiophene rings is 1. The van der Waals surface area contributed by atoms with Crippen LogP contribution in [-0.4, -0.2) is 12.6 Å². The molecule has 2 atom stereocenters. The maximum absolute atomic E-state index is 6.13. The number of hydrogen-bond acceptors (Lipinski definition) is 2. The third-order valence-corrected chi connectivity index (χ3v) is 5.24. The van der Waals surface area contributed by atoms with Gasteiger partial charge < -0.3 is 5.32 Å². The van der Waals surface area contributed by atoms with Crippen LogP contribution < -0.4 is 5.32 Å². The van der Waals surface area contributed by atoms with Gasteiger partial charge in [-0.1, -0.05) is 36.5 Å². The van der Waals surface area contributed by atoms with Gasteiger partial charge in [0.15, 0.2) is 0 Å². The smallest absolute Gasteiger partial charge is 0.0976 e. The van der Waals surface area contributed by atoms with Crippen molar-refractivity contribution in [3.05, 3.63) is 20.3 Å². The zero-order valence-corrected chi connectivity index (χ0v) is 12.5. The number of halogens is 2. The van der Waals surface area contributed by atoms with E-state index in [1.807, 2.05) is 6.07 Å². The molecule has 0 aliphatic carbocycles. The molecule has 4 heteroatoms. The van der Waals surface area contributed by atoms with Gasteiger partial charge in [-0.3, -0.25) is 0 Å². The van der Waals surface area contributed by atoms with Crippen molar-refractivity contribution >= 4 is 34.5 Å². The van der Waals surface area contributed by atoms with Crippen molar-refractivity contribution in [1.29, 1.82) is 0 Å². The summed E-state index contributed by atoms with van der Waals surface area (Å²) in [4.78, 5) is 0. The summed E-state index contributed by atoms with van der Waals surface area (Å²) in [6.45, 7) is 3.46. The zero-order chi connectivity index (χ0) is 12.3. The topological polar surface area (TPSA) is 12.0 Å². The molecule has 0 amide bonds. The van der Waals surface area contributed by atoms with E-state index in [9.17, 15) is 0 Å². The van der Waals surface area contributed by atoms with Gasteiger partial charge in [-0.05, 0) is 49.8 Å². The number of nitrogens with one attached hydrogen (secondary N) is 1. The molecular formula is C13H19Cl2NS. The van der Waals surface area contributed by atoms with Crippen molar-refractivity contribution in [3.63, 3.8) is 0 Å². The number of aryl methyl sites for hydroxylation is 1. The summed E-state index contributed by atoms with van der Waals surface area (Å²) in [6.07, 6.45) is 6.16. The molecule has 1 aromatic rings. The van der Waals surface area contributed by atoms with Crippen molar-refractivity contribution in [2.45, 2.75) is 45.1 Å². The van der Waals surface area contributed by atoms with Crippen molar-refractivity contribution in [1.82, 2.24) is 5.32 Å². The summed E-state index contributed by atoms with van der Waals surface area (Å²) in [5.41, 5.74) is 1.21. The van der Waals surface area contributed by atoms with Gasteiger partial charge in [0.05, 0.1) is 8.67 Å². The number of piperidine rings is 1. The van der Waals surface area contributed by atoms with Crippen LogP contribution in [0.1, 0.15) is 38.2 Å². The van der Waals surface area contributed by atoms with E-state index in [2.05, 4.69) is 12.2 Å². The van der Waals surface area contributed by atoms with Gasteiger partial charge in [0.2, 0.25) is 0 Å². The Hall–Kier alpha value is 0.240. The summed E-state index contributed by atoms with van der Waals surface area (Å²) in [5, 5.41) is 3.61. The Kier molecular flexibility index (Phi) is 5.16. The van der Waals surface area contributed by atoms with Gasteiger partial charge in [-0.2, -0.15) is 0 Å². The molecule has 2 heterocycles. The van der Waals surface area contributed by atoms with Crippen LogP contribution in [0.4, 0.5) is 0 Å². The van der Waals surface area contributed by atoms with E-state index in [1.165, 1.54) is 49.1 Å². The van der Waals surface area contributed by atoms with Crippen molar-refractivity contribution in [3.8, 4) is 0 Å². The second-order valence-corrected chi connectivity index (χ2v) is 7.12. The van der Waals surface area contributed by atoms with Gasteiger partial charge in [0.1, 0.15) is 0 Å². The quantitative estimate of drug-likeness (QED) is 0.843. The Morgan fingerprint density at radius 3 is 2.94 bits per heavy atom. The second kappa shape index (κ2) is 6.42. The standard InChI is InChI=1S/C13H19Cl2NS/c1-2-9-5-6-16-11(7-9)4-3-10-8-12(14)17-13(10)15/h8-9,11,16H,2-7H2,1H3. The van der Waals surface area contributed by atoms with E-state index in [0.29, 0.717) is 6.04 Å². The molecule has 1 saturated heterocycles. The lowest BCUT2D eigenvalue weighted by Crippen LogP contribution is -2.38. The summed E-state index contributed by atoms with van der Waals surface area (Å²) >= 11 is 13.6. The highest BCUT2D eigenvalue weighted by molar-refractivity contribution is 7.20. The first kappa shape index (κ1) is 13.7. The molecule has 0 aromatic carbocycles. The molecule has 96 valence electrons. The van der Waals surface area contributed by atoms with E-state index in [1.54, 1.807) is 0 Å². The third kappa shape index (κ3) is 3.85. The molecule has 1 aliphatic heterocycles. The molecule has 2 rings (SSSR count). The first-order chi connectivity index (χ1) is 8.19. The SMILES string of the molecule is CCC1CCNC(CCc2cc(Cl)sc2Cl)C1. The first-order valence-corrected chi connectivity index (χ1v) is 7.93. The van der Waals surface area contributed by atoms with E-state index in [-0.39, 0.29) is 0 Å². The molecule has 1 nitrogen and oxygen atoms in total. The predicted octanol–water partition coefficient (Wildman–Crippen LogP) is 4.77. The molecule has 1 aromatic heterocycles. The van der Waals surface area contributed by atoms with E-state index in [4.69, 9.17) is 23.2 Å². The molecule has 17 heavy (non-hydrogen) atoms. The molecular weight excluding hydrogens is 273 g/mol. The monoisotopic (exact) mass is 291 g/mol. The average Bonchev–Trinajstić information content (AvgIpc) is 2.65. The molecule has 0 bridgehead atoms. The zero-order valence-electron chi connectivity index (χ0n) is 10.1. The lowest BCUT2D eigenvalue weighted by atomic mass is 9.88. The molecule has 1 fully saturated rings. The van der Waals surface area contributed by atoms with Gasteiger partial charge >= 0.3 is 0 Å². The van der Waals surface area contributed by atoms with Crippen LogP contribution in [0.15, 0.2) is 6.07 Å². The fourth-order valence-electron chi connectivity index (χ4n) is 2.56. The lowest BCUT2D eigenvalue weighted by molar-refractivity contribution is 0.285. The maximum atomic E-state index is 6.13. The fraction of sp³-hybridized carbons (Fsp3) is 0.692. The fourth-order valence-corrected chi connectivity index (χ4v) is 4.10. The summed E-state index contributed by atoms with van der Waals surface area (Å²) in [7, 11) is 0. The minimum Gasteiger partial charge on any atom is -0.314 e. The average molecular weight is 292 g/mol. The lowest BCUT2D eigenvalue weighted by Gasteiger charge is -2.29. The molecule has 0 saturated carbocycles. The predicted molar refractivity (Wildman–Crippen MR) is 77.5 cm³/mol. The Morgan fingerprint density at radius 1 is 1.47 bits per heavy atom. The van der Waals surface area contributed by atoms with Crippen LogP contribution in [0.2, 0.25) is 8.67 Å². The van der Waals surface area contributed by atoms with Gasteiger partial charge in [-0.25, -0.2) is 0 Å². The minimum absolute atomic E-state index is 0.656. The molecule has 2 unspecified atom stereocenters. The minimum atomic E-state index is 0.656. The van der Waals surface area contributed by atoms with Crippen molar-refractivity contribution < 1.29 is 0 Å². The van der Waals surface area contributed by atoms with Crippen LogP contribution in [-0.2, 0) is 6.42 Å². The number of hydrogen-bond donors (Lipinski definition) is 1. The Bertz CT molecular complexity index is 364.